The maximum absolute atomic E-state index is 4.25. The van der Waals surface area contributed by atoms with Crippen molar-refractivity contribution in [1.82, 2.24) is 4.90 Å². The van der Waals surface area contributed by atoms with Crippen LogP contribution in [0.2, 0.25) is 0 Å². The van der Waals surface area contributed by atoms with E-state index < -0.39 is 0 Å². The van der Waals surface area contributed by atoms with Crippen molar-refractivity contribution in [3.8, 4) is 0 Å². The van der Waals surface area contributed by atoms with Gasteiger partial charge in [-0.05, 0) is 44.7 Å². The van der Waals surface area contributed by atoms with Gasteiger partial charge in [0, 0.05) is 6.54 Å². The maximum atomic E-state index is 4.25. The standard InChI is InChI=1S/C8H14N/c1-8-3-2-5-9(7-8)6-4-8/h1-7H2. The van der Waals surface area contributed by atoms with E-state index in [1.165, 1.54) is 38.9 Å². The fourth-order valence-corrected chi connectivity index (χ4v) is 2.10. The Bertz CT molecular complexity index is 118. The lowest BCUT2D eigenvalue weighted by Gasteiger charge is -2.29. The summed E-state index contributed by atoms with van der Waals surface area (Å²) in [6.07, 6.45) is 4.08. The summed E-state index contributed by atoms with van der Waals surface area (Å²) >= 11 is 0. The second-order valence-corrected chi connectivity index (χ2v) is 3.63. The van der Waals surface area contributed by atoms with Gasteiger partial charge in [-0.1, -0.05) is 0 Å². The summed E-state index contributed by atoms with van der Waals surface area (Å²) in [5.41, 5.74) is 0.470. The molecule has 2 aliphatic heterocycles. The molecule has 0 aromatic heterocycles. The summed E-state index contributed by atoms with van der Waals surface area (Å²) in [5.74, 6) is 0. The van der Waals surface area contributed by atoms with Crippen molar-refractivity contribution in [2.24, 2.45) is 5.41 Å². The van der Waals surface area contributed by atoms with Crippen LogP contribution in [-0.4, -0.2) is 24.5 Å². The lowest BCUT2D eigenvalue weighted by molar-refractivity contribution is 0.223. The Morgan fingerprint density at radius 3 is 2.78 bits per heavy atom. The van der Waals surface area contributed by atoms with E-state index >= 15 is 0 Å². The Kier molecular flexibility index (Phi) is 1.10. The molecule has 0 aliphatic carbocycles. The average molecular weight is 124 g/mol. The molecule has 1 heteroatoms. The van der Waals surface area contributed by atoms with Crippen LogP contribution in [0.5, 0.6) is 0 Å². The number of rotatable bonds is 0. The van der Waals surface area contributed by atoms with Gasteiger partial charge in [-0.3, -0.25) is 0 Å². The normalized spacial score (nSPS) is 49.7. The molecule has 0 saturated carbocycles. The predicted molar refractivity (Wildman–Crippen MR) is 38.1 cm³/mol. The third-order valence-corrected chi connectivity index (χ3v) is 2.70. The molecule has 2 bridgehead atoms. The van der Waals surface area contributed by atoms with Gasteiger partial charge >= 0.3 is 0 Å². The summed E-state index contributed by atoms with van der Waals surface area (Å²) in [6, 6.07) is 0. The second kappa shape index (κ2) is 1.72. The molecule has 2 rings (SSSR count). The van der Waals surface area contributed by atoms with Crippen LogP contribution >= 0.6 is 0 Å². The first-order valence-electron chi connectivity index (χ1n) is 3.86. The van der Waals surface area contributed by atoms with E-state index in [1.807, 2.05) is 0 Å². The molecular formula is C8H14N. The van der Waals surface area contributed by atoms with Gasteiger partial charge < -0.3 is 4.90 Å². The molecule has 0 aromatic carbocycles. The Morgan fingerprint density at radius 2 is 2.11 bits per heavy atom. The Hall–Kier alpha value is -0.0400. The van der Waals surface area contributed by atoms with Gasteiger partial charge in [-0.2, -0.15) is 0 Å². The number of hydrogen-bond acceptors (Lipinski definition) is 1. The van der Waals surface area contributed by atoms with Gasteiger partial charge in [-0.25, -0.2) is 0 Å². The molecule has 2 unspecified atom stereocenters. The minimum atomic E-state index is 0.470. The molecule has 51 valence electrons. The van der Waals surface area contributed by atoms with E-state index in [4.69, 9.17) is 0 Å². The molecule has 2 atom stereocenters. The van der Waals surface area contributed by atoms with Gasteiger partial charge in [0.15, 0.2) is 0 Å². The van der Waals surface area contributed by atoms with Gasteiger partial charge in [0.2, 0.25) is 0 Å². The molecule has 1 radical (unpaired) electrons. The van der Waals surface area contributed by atoms with Crippen molar-refractivity contribution in [3.63, 3.8) is 0 Å². The number of piperidine rings is 1. The van der Waals surface area contributed by atoms with E-state index in [0.717, 1.165) is 0 Å². The maximum Gasteiger partial charge on any atom is 0.00385 e. The Morgan fingerprint density at radius 1 is 1.22 bits per heavy atom. The van der Waals surface area contributed by atoms with Crippen molar-refractivity contribution in [2.75, 3.05) is 19.6 Å². The van der Waals surface area contributed by atoms with Crippen molar-refractivity contribution in [3.05, 3.63) is 6.92 Å². The van der Waals surface area contributed by atoms with E-state index in [2.05, 4.69) is 11.8 Å². The van der Waals surface area contributed by atoms with Gasteiger partial charge in [0.25, 0.3) is 0 Å². The van der Waals surface area contributed by atoms with E-state index in [0.29, 0.717) is 5.41 Å². The number of nitrogens with zero attached hydrogens (tertiary/aromatic N) is 1. The SMILES string of the molecule is [CH2]C12CCCN(CC1)C2. The second-order valence-electron chi connectivity index (χ2n) is 3.63. The van der Waals surface area contributed by atoms with Crippen LogP contribution in [0.25, 0.3) is 0 Å². The molecule has 2 aliphatic rings. The highest BCUT2D eigenvalue weighted by Crippen LogP contribution is 2.37. The van der Waals surface area contributed by atoms with Crippen LogP contribution in [0.4, 0.5) is 0 Å². The molecule has 0 N–H and O–H groups in total. The highest BCUT2D eigenvalue weighted by molar-refractivity contribution is 4.95. The van der Waals surface area contributed by atoms with Crippen LogP contribution in [-0.2, 0) is 0 Å². The first-order chi connectivity index (χ1) is 4.29. The molecule has 0 amide bonds. The first-order valence-corrected chi connectivity index (χ1v) is 3.86. The zero-order chi connectivity index (χ0) is 6.32. The lowest BCUT2D eigenvalue weighted by Crippen LogP contribution is -2.31. The van der Waals surface area contributed by atoms with Gasteiger partial charge in [0.05, 0.1) is 0 Å². The summed E-state index contributed by atoms with van der Waals surface area (Å²) in [4.78, 5) is 2.54. The predicted octanol–water partition coefficient (Wildman–Crippen LogP) is 1.31. The zero-order valence-corrected chi connectivity index (χ0v) is 5.90. The minimum Gasteiger partial charge on any atom is -0.303 e. The molecule has 0 spiro atoms. The topological polar surface area (TPSA) is 3.24 Å². The van der Waals surface area contributed by atoms with Gasteiger partial charge in [-0.15, -0.1) is 0 Å². The summed E-state index contributed by atoms with van der Waals surface area (Å²) in [6.45, 7) is 8.16. The third-order valence-electron chi connectivity index (χ3n) is 2.70. The monoisotopic (exact) mass is 124 g/mol. The fourth-order valence-electron chi connectivity index (χ4n) is 2.10. The smallest absolute Gasteiger partial charge is 0.00385 e. The van der Waals surface area contributed by atoms with E-state index in [-0.39, 0.29) is 0 Å². The highest BCUT2D eigenvalue weighted by Gasteiger charge is 2.36. The Labute approximate surface area is 57.0 Å². The lowest BCUT2D eigenvalue weighted by atomic mass is 9.83. The van der Waals surface area contributed by atoms with Crippen molar-refractivity contribution in [2.45, 2.75) is 19.3 Å². The highest BCUT2D eigenvalue weighted by atomic mass is 15.2. The van der Waals surface area contributed by atoms with Crippen molar-refractivity contribution < 1.29 is 0 Å². The van der Waals surface area contributed by atoms with Crippen LogP contribution in [0.15, 0.2) is 0 Å². The summed E-state index contributed by atoms with van der Waals surface area (Å²) in [5, 5.41) is 0. The molecule has 9 heavy (non-hydrogen) atoms. The molecule has 0 aromatic rings. The molecule has 2 fully saturated rings. The van der Waals surface area contributed by atoms with Crippen molar-refractivity contribution >= 4 is 0 Å². The van der Waals surface area contributed by atoms with Gasteiger partial charge in [0.1, 0.15) is 0 Å². The summed E-state index contributed by atoms with van der Waals surface area (Å²) in [7, 11) is 0. The number of fused-ring (bicyclic) bond motifs is 2. The van der Waals surface area contributed by atoms with Crippen molar-refractivity contribution in [1.29, 1.82) is 0 Å². The minimum absolute atomic E-state index is 0.470. The average Bonchev–Trinajstić information content (AvgIpc) is 2.07. The largest absolute Gasteiger partial charge is 0.303 e. The quantitative estimate of drug-likeness (QED) is 0.470. The third kappa shape index (κ3) is 0.877. The van der Waals surface area contributed by atoms with Crippen LogP contribution in [0, 0.1) is 12.3 Å². The van der Waals surface area contributed by atoms with Crippen LogP contribution in [0.1, 0.15) is 19.3 Å². The molecule has 2 saturated heterocycles. The fraction of sp³-hybridized carbons (Fsp3) is 0.875. The van der Waals surface area contributed by atoms with E-state index in [9.17, 15) is 0 Å². The van der Waals surface area contributed by atoms with Crippen LogP contribution in [0.3, 0.4) is 0 Å². The van der Waals surface area contributed by atoms with E-state index in [1.54, 1.807) is 0 Å². The Balaban J connectivity index is 2.13. The molecular weight excluding hydrogens is 110 g/mol. The molecule has 2 heterocycles. The summed E-state index contributed by atoms with van der Waals surface area (Å²) < 4.78 is 0. The molecule has 1 nitrogen and oxygen atoms in total. The number of hydrogen-bond donors (Lipinski definition) is 0. The first kappa shape index (κ1) is 5.72. The van der Waals surface area contributed by atoms with Crippen LogP contribution < -0.4 is 0 Å². The zero-order valence-electron chi connectivity index (χ0n) is 5.90.